The topological polar surface area (TPSA) is 93.1 Å². The van der Waals surface area contributed by atoms with Gasteiger partial charge >= 0.3 is 0 Å². The molecule has 2 heterocycles. The van der Waals surface area contributed by atoms with Gasteiger partial charge < -0.3 is 9.47 Å². The van der Waals surface area contributed by atoms with Crippen molar-refractivity contribution in [3.05, 3.63) is 42.1 Å². The molecule has 0 amide bonds. The van der Waals surface area contributed by atoms with Gasteiger partial charge in [0.2, 0.25) is 16.8 Å². The lowest BCUT2D eigenvalue weighted by Crippen LogP contribution is -2.30. The minimum atomic E-state index is -3.52. The summed E-state index contributed by atoms with van der Waals surface area (Å²) in [6.45, 7) is 6.51. The summed E-state index contributed by atoms with van der Waals surface area (Å²) in [5.41, 5.74) is 4.46. The summed E-state index contributed by atoms with van der Waals surface area (Å²) < 4.78 is 37.0. The number of aromatic nitrogens is 1. The molecular formula is C18H22N4O4S. The standard InChI is InChI=1S/C18H22N4O4S/c1-4-22(5-2)27(23,24)15-7-9-18(19-11-15)21-20-13(3)14-6-8-16-17(10-14)26-12-25-16/h6-11H,4-5,12H2,1-3H3,(H,19,21)/b20-13+. The van der Waals surface area contributed by atoms with E-state index in [2.05, 4.69) is 15.5 Å². The van der Waals surface area contributed by atoms with Crippen LogP contribution in [0.25, 0.3) is 0 Å². The first-order valence-electron chi connectivity index (χ1n) is 8.62. The van der Waals surface area contributed by atoms with E-state index in [1.165, 1.54) is 16.6 Å². The maximum atomic E-state index is 12.5. The molecule has 1 N–H and O–H groups in total. The molecule has 0 aliphatic carbocycles. The lowest BCUT2D eigenvalue weighted by atomic mass is 10.1. The molecule has 1 aromatic heterocycles. The maximum Gasteiger partial charge on any atom is 0.244 e. The molecule has 0 spiro atoms. The first kappa shape index (κ1) is 19.1. The van der Waals surface area contributed by atoms with Crippen LogP contribution in [-0.2, 0) is 10.0 Å². The van der Waals surface area contributed by atoms with Gasteiger partial charge in [-0.05, 0) is 37.3 Å². The fourth-order valence-corrected chi connectivity index (χ4v) is 4.04. The first-order chi connectivity index (χ1) is 13.0. The number of benzene rings is 1. The van der Waals surface area contributed by atoms with E-state index in [-0.39, 0.29) is 11.7 Å². The number of hydrazone groups is 1. The van der Waals surface area contributed by atoms with Crippen molar-refractivity contribution in [3.63, 3.8) is 0 Å². The number of sulfonamides is 1. The molecule has 144 valence electrons. The van der Waals surface area contributed by atoms with E-state index in [1.807, 2.05) is 25.1 Å². The predicted molar refractivity (Wildman–Crippen MR) is 103 cm³/mol. The van der Waals surface area contributed by atoms with Gasteiger partial charge in [0, 0.05) is 24.8 Å². The Balaban J connectivity index is 1.72. The quantitative estimate of drug-likeness (QED) is 0.577. The molecule has 0 fully saturated rings. The normalized spacial score (nSPS) is 13.9. The molecule has 0 atom stereocenters. The van der Waals surface area contributed by atoms with Crippen molar-refractivity contribution in [1.82, 2.24) is 9.29 Å². The van der Waals surface area contributed by atoms with E-state index < -0.39 is 10.0 Å². The molecule has 8 nitrogen and oxygen atoms in total. The molecule has 0 bridgehead atoms. The van der Waals surface area contributed by atoms with Crippen LogP contribution in [0.15, 0.2) is 46.5 Å². The Kier molecular flexibility index (Phi) is 5.62. The van der Waals surface area contributed by atoms with E-state index in [1.54, 1.807) is 19.9 Å². The third kappa shape index (κ3) is 4.04. The molecule has 0 unspecified atom stereocenters. The Bertz CT molecular complexity index is 938. The molecule has 0 radical (unpaired) electrons. The molecule has 1 aromatic carbocycles. The van der Waals surface area contributed by atoms with Crippen LogP contribution in [0.2, 0.25) is 0 Å². The highest BCUT2D eigenvalue weighted by atomic mass is 32.2. The Hall–Kier alpha value is -2.65. The highest BCUT2D eigenvalue weighted by Crippen LogP contribution is 2.32. The fourth-order valence-electron chi connectivity index (χ4n) is 2.64. The van der Waals surface area contributed by atoms with Gasteiger partial charge in [0.15, 0.2) is 11.5 Å². The van der Waals surface area contributed by atoms with E-state index in [9.17, 15) is 8.42 Å². The molecule has 0 saturated carbocycles. The molecular weight excluding hydrogens is 368 g/mol. The monoisotopic (exact) mass is 390 g/mol. The Morgan fingerprint density at radius 3 is 2.59 bits per heavy atom. The minimum Gasteiger partial charge on any atom is -0.454 e. The van der Waals surface area contributed by atoms with E-state index >= 15 is 0 Å². The number of nitrogens with zero attached hydrogens (tertiary/aromatic N) is 3. The third-order valence-corrected chi connectivity index (χ3v) is 6.24. The van der Waals surface area contributed by atoms with Gasteiger partial charge in [-0.15, -0.1) is 0 Å². The van der Waals surface area contributed by atoms with Crippen molar-refractivity contribution >= 4 is 21.6 Å². The van der Waals surface area contributed by atoms with Gasteiger partial charge in [-0.25, -0.2) is 13.4 Å². The first-order valence-corrected chi connectivity index (χ1v) is 10.1. The number of nitrogens with one attached hydrogen (secondary N) is 1. The second-order valence-corrected chi connectivity index (χ2v) is 7.78. The number of hydrogen-bond donors (Lipinski definition) is 1. The zero-order valence-corrected chi connectivity index (χ0v) is 16.3. The molecule has 1 aliphatic rings. The summed E-state index contributed by atoms with van der Waals surface area (Å²) in [6, 6.07) is 8.69. The second kappa shape index (κ2) is 7.93. The fraction of sp³-hybridized carbons (Fsp3) is 0.333. The van der Waals surface area contributed by atoms with Crippen LogP contribution >= 0.6 is 0 Å². The highest BCUT2D eigenvalue weighted by Gasteiger charge is 2.21. The van der Waals surface area contributed by atoms with E-state index in [0.717, 1.165) is 11.3 Å². The van der Waals surface area contributed by atoms with Crippen molar-refractivity contribution < 1.29 is 17.9 Å². The molecule has 0 saturated heterocycles. The zero-order valence-electron chi connectivity index (χ0n) is 15.5. The average Bonchev–Trinajstić information content (AvgIpc) is 3.15. The van der Waals surface area contributed by atoms with Gasteiger partial charge in [0.05, 0.1) is 5.71 Å². The summed E-state index contributed by atoms with van der Waals surface area (Å²) >= 11 is 0. The van der Waals surface area contributed by atoms with E-state index in [0.29, 0.717) is 30.4 Å². The van der Waals surface area contributed by atoms with Crippen LogP contribution in [-0.4, -0.2) is 43.3 Å². The number of ether oxygens (including phenoxy) is 2. The van der Waals surface area contributed by atoms with Crippen LogP contribution in [0.4, 0.5) is 5.82 Å². The van der Waals surface area contributed by atoms with Crippen LogP contribution in [0, 0.1) is 0 Å². The Labute approximate surface area is 158 Å². The van der Waals surface area contributed by atoms with Crippen LogP contribution in [0.1, 0.15) is 26.3 Å². The zero-order chi connectivity index (χ0) is 19.4. The molecule has 2 aromatic rings. The van der Waals surface area contributed by atoms with Crippen molar-refractivity contribution in [2.75, 3.05) is 25.3 Å². The lowest BCUT2D eigenvalue weighted by Gasteiger charge is -2.18. The molecule has 9 heteroatoms. The summed E-state index contributed by atoms with van der Waals surface area (Å²) in [7, 11) is -3.52. The predicted octanol–water partition coefficient (Wildman–Crippen LogP) is 2.68. The third-order valence-electron chi connectivity index (χ3n) is 4.21. The molecule has 3 rings (SSSR count). The van der Waals surface area contributed by atoms with Gasteiger partial charge in [0.1, 0.15) is 10.7 Å². The van der Waals surface area contributed by atoms with Crippen LogP contribution < -0.4 is 14.9 Å². The summed E-state index contributed by atoms with van der Waals surface area (Å²) in [6.07, 6.45) is 1.33. The average molecular weight is 390 g/mol. The van der Waals surface area contributed by atoms with Crippen molar-refractivity contribution in [2.45, 2.75) is 25.7 Å². The SMILES string of the molecule is CCN(CC)S(=O)(=O)c1ccc(N/N=C(\C)c2ccc3c(c2)OCO3)nc1. The number of pyridine rings is 1. The van der Waals surface area contributed by atoms with Crippen molar-refractivity contribution in [3.8, 4) is 11.5 Å². The second-order valence-electron chi connectivity index (χ2n) is 5.85. The Morgan fingerprint density at radius 1 is 1.19 bits per heavy atom. The van der Waals surface area contributed by atoms with E-state index in [4.69, 9.17) is 9.47 Å². The van der Waals surface area contributed by atoms with Gasteiger partial charge in [-0.3, -0.25) is 5.43 Å². The molecule has 1 aliphatic heterocycles. The summed E-state index contributed by atoms with van der Waals surface area (Å²) in [4.78, 5) is 4.31. The molecule has 27 heavy (non-hydrogen) atoms. The number of anilines is 1. The number of hydrogen-bond acceptors (Lipinski definition) is 7. The smallest absolute Gasteiger partial charge is 0.244 e. The highest BCUT2D eigenvalue weighted by molar-refractivity contribution is 7.89. The van der Waals surface area contributed by atoms with Crippen molar-refractivity contribution in [1.29, 1.82) is 0 Å². The minimum absolute atomic E-state index is 0.160. The lowest BCUT2D eigenvalue weighted by molar-refractivity contribution is 0.174. The van der Waals surface area contributed by atoms with Gasteiger partial charge in [0.25, 0.3) is 0 Å². The number of fused-ring (bicyclic) bond motifs is 1. The number of rotatable bonds is 7. The van der Waals surface area contributed by atoms with Gasteiger partial charge in [-0.2, -0.15) is 9.41 Å². The van der Waals surface area contributed by atoms with Crippen LogP contribution in [0.3, 0.4) is 0 Å². The summed E-state index contributed by atoms with van der Waals surface area (Å²) in [5, 5.41) is 4.30. The van der Waals surface area contributed by atoms with Gasteiger partial charge in [-0.1, -0.05) is 13.8 Å². The van der Waals surface area contributed by atoms with Crippen LogP contribution in [0.5, 0.6) is 11.5 Å². The Morgan fingerprint density at radius 2 is 1.93 bits per heavy atom. The largest absolute Gasteiger partial charge is 0.454 e. The maximum absolute atomic E-state index is 12.5. The summed E-state index contributed by atoms with van der Waals surface area (Å²) in [5.74, 6) is 1.85. The van der Waals surface area contributed by atoms with Crippen molar-refractivity contribution in [2.24, 2.45) is 5.10 Å².